The summed E-state index contributed by atoms with van der Waals surface area (Å²) >= 11 is 1.16. The van der Waals surface area contributed by atoms with Crippen molar-refractivity contribution in [1.82, 2.24) is 4.98 Å². The monoisotopic (exact) mass is 531 g/mol. The van der Waals surface area contributed by atoms with Crippen LogP contribution in [0.2, 0.25) is 0 Å². The molecule has 11 heteroatoms. The second-order valence-corrected chi connectivity index (χ2v) is 9.54. The third-order valence-electron chi connectivity index (χ3n) is 6.30. The Balaban J connectivity index is 1.74. The lowest BCUT2D eigenvalue weighted by atomic mass is 9.94. The predicted molar refractivity (Wildman–Crippen MR) is 142 cm³/mol. The molecule has 1 aliphatic rings. The third-order valence-corrected chi connectivity index (χ3v) is 7.32. The molecule has 38 heavy (non-hydrogen) atoms. The van der Waals surface area contributed by atoms with E-state index < -0.39 is 28.4 Å². The molecule has 3 aromatic carbocycles. The van der Waals surface area contributed by atoms with Crippen LogP contribution in [0.15, 0.2) is 66.2 Å². The number of carbonyl (C=O) groups is 2. The SMILES string of the molecule is COc1ccc2nc(N3C(=O)C(=O)/C(=C(/O)c4ccc(OC)c(C)c4)[C@@H]3c3cccc([N+](=O)[O-])c3)sc2c1. The van der Waals surface area contributed by atoms with Crippen LogP contribution in [0.5, 0.6) is 11.5 Å². The van der Waals surface area contributed by atoms with Gasteiger partial charge >= 0.3 is 5.91 Å². The first-order valence-electron chi connectivity index (χ1n) is 11.4. The first-order valence-corrected chi connectivity index (χ1v) is 12.2. The van der Waals surface area contributed by atoms with E-state index in [1.165, 1.54) is 37.3 Å². The highest BCUT2D eigenvalue weighted by atomic mass is 32.1. The average Bonchev–Trinajstić information content (AvgIpc) is 3.45. The summed E-state index contributed by atoms with van der Waals surface area (Å²) in [5, 5.41) is 23.1. The number of thiazole rings is 1. The van der Waals surface area contributed by atoms with Gasteiger partial charge in [-0.3, -0.25) is 24.6 Å². The van der Waals surface area contributed by atoms with E-state index in [4.69, 9.17) is 9.47 Å². The van der Waals surface area contributed by atoms with E-state index in [0.717, 1.165) is 11.3 Å². The molecule has 1 aliphatic heterocycles. The molecule has 192 valence electrons. The molecule has 1 fully saturated rings. The number of Topliss-reactive ketones (excluding diaryl/α,β-unsaturated/α-hetero) is 1. The van der Waals surface area contributed by atoms with E-state index in [9.17, 15) is 24.8 Å². The van der Waals surface area contributed by atoms with Crippen molar-refractivity contribution in [3.05, 3.63) is 93.0 Å². The lowest BCUT2D eigenvalue weighted by molar-refractivity contribution is -0.384. The van der Waals surface area contributed by atoms with Gasteiger partial charge in [0.15, 0.2) is 5.13 Å². The summed E-state index contributed by atoms with van der Waals surface area (Å²) in [7, 11) is 3.05. The Hall–Kier alpha value is -4.77. The van der Waals surface area contributed by atoms with E-state index in [2.05, 4.69) is 4.98 Å². The number of aromatic nitrogens is 1. The van der Waals surface area contributed by atoms with Crippen molar-refractivity contribution in [2.45, 2.75) is 13.0 Å². The number of ether oxygens (including phenoxy) is 2. The van der Waals surface area contributed by atoms with Crippen molar-refractivity contribution in [2.24, 2.45) is 0 Å². The zero-order valence-corrected chi connectivity index (χ0v) is 21.3. The number of carbonyl (C=O) groups excluding carboxylic acids is 2. The molecule has 1 saturated heterocycles. The minimum Gasteiger partial charge on any atom is -0.507 e. The topological polar surface area (TPSA) is 132 Å². The lowest BCUT2D eigenvalue weighted by Gasteiger charge is -2.22. The lowest BCUT2D eigenvalue weighted by Crippen LogP contribution is -2.29. The number of aliphatic hydroxyl groups excluding tert-OH is 1. The van der Waals surface area contributed by atoms with Gasteiger partial charge in [-0.05, 0) is 54.4 Å². The van der Waals surface area contributed by atoms with Gasteiger partial charge in [0.05, 0.1) is 41.0 Å². The fourth-order valence-corrected chi connectivity index (χ4v) is 5.48. The number of nitro benzene ring substituents is 1. The number of benzene rings is 3. The molecule has 0 unspecified atom stereocenters. The van der Waals surface area contributed by atoms with E-state index in [1.807, 2.05) is 0 Å². The van der Waals surface area contributed by atoms with Crippen molar-refractivity contribution in [3.8, 4) is 11.5 Å². The number of rotatable bonds is 6. The van der Waals surface area contributed by atoms with Gasteiger partial charge in [0.1, 0.15) is 17.3 Å². The number of aliphatic hydroxyl groups is 1. The van der Waals surface area contributed by atoms with Crippen molar-refractivity contribution in [3.63, 3.8) is 0 Å². The van der Waals surface area contributed by atoms with Crippen LogP contribution in [0, 0.1) is 17.0 Å². The number of hydrogen-bond acceptors (Lipinski definition) is 9. The van der Waals surface area contributed by atoms with E-state index in [-0.39, 0.29) is 22.0 Å². The highest BCUT2D eigenvalue weighted by Gasteiger charge is 2.48. The van der Waals surface area contributed by atoms with E-state index in [1.54, 1.807) is 49.4 Å². The third kappa shape index (κ3) is 4.12. The van der Waals surface area contributed by atoms with Gasteiger partial charge in [0.25, 0.3) is 11.5 Å². The maximum absolute atomic E-state index is 13.4. The number of ketones is 1. The van der Waals surface area contributed by atoms with E-state index in [0.29, 0.717) is 32.8 Å². The number of non-ortho nitro benzene ring substituents is 1. The minimum absolute atomic E-state index is 0.197. The second-order valence-electron chi connectivity index (χ2n) is 8.54. The number of fused-ring (bicyclic) bond motifs is 1. The summed E-state index contributed by atoms with van der Waals surface area (Å²) < 4.78 is 11.3. The first-order chi connectivity index (χ1) is 18.2. The summed E-state index contributed by atoms with van der Waals surface area (Å²) in [4.78, 5) is 43.6. The van der Waals surface area contributed by atoms with Crippen LogP contribution in [0.25, 0.3) is 16.0 Å². The van der Waals surface area contributed by atoms with Gasteiger partial charge in [0, 0.05) is 17.7 Å². The number of anilines is 1. The van der Waals surface area contributed by atoms with Gasteiger partial charge < -0.3 is 14.6 Å². The molecule has 0 saturated carbocycles. The zero-order valence-electron chi connectivity index (χ0n) is 20.5. The quantitative estimate of drug-likeness (QED) is 0.119. The summed E-state index contributed by atoms with van der Waals surface area (Å²) in [6.07, 6.45) is 0. The van der Waals surface area contributed by atoms with Crippen molar-refractivity contribution >= 4 is 49.8 Å². The van der Waals surface area contributed by atoms with Gasteiger partial charge in [-0.25, -0.2) is 4.98 Å². The predicted octanol–water partition coefficient (Wildman–Crippen LogP) is 5.16. The molecule has 5 rings (SSSR count). The molecule has 1 aromatic heterocycles. The summed E-state index contributed by atoms with van der Waals surface area (Å²) in [5.74, 6) is -1.05. The summed E-state index contributed by atoms with van der Waals surface area (Å²) in [6.45, 7) is 1.78. The van der Waals surface area contributed by atoms with Gasteiger partial charge in [0.2, 0.25) is 0 Å². The molecule has 10 nitrogen and oxygen atoms in total. The molecule has 1 atom stereocenters. The molecule has 1 amide bonds. The van der Waals surface area contributed by atoms with Crippen LogP contribution in [0.1, 0.15) is 22.7 Å². The number of aryl methyl sites for hydroxylation is 1. The van der Waals surface area contributed by atoms with Crippen molar-refractivity contribution in [1.29, 1.82) is 0 Å². The van der Waals surface area contributed by atoms with Crippen molar-refractivity contribution < 1.29 is 29.1 Å². The number of nitro groups is 1. The largest absolute Gasteiger partial charge is 0.507 e. The molecular formula is C27H21N3O7S. The summed E-state index contributed by atoms with van der Waals surface area (Å²) in [6, 6.07) is 14.5. The van der Waals surface area contributed by atoms with Gasteiger partial charge in [-0.15, -0.1) is 0 Å². The fraction of sp³-hybridized carbons (Fsp3) is 0.148. The number of amides is 1. The smallest absolute Gasteiger partial charge is 0.301 e. The Labute approximate surface area is 220 Å². The maximum atomic E-state index is 13.4. The summed E-state index contributed by atoms with van der Waals surface area (Å²) in [5.41, 5.74) is 1.45. The highest BCUT2D eigenvalue weighted by Crippen LogP contribution is 2.45. The van der Waals surface area contributed by atoms with Gasteiger partial charge in [-0.1, -0.05) is 23.5 Å². The molecule has 0 radical (unpaired) electrons. The van der Waals surface area contributed by atoms with Crippen LogP contribution >= 0.6 is 11.3 Å². The molecule has 0 bridgehead atoms. The standard InChI is InChI=1S/C27H21N3O7S/c1-14-11-16(7-10-20(14)37-3)24(31)22-23(15-5-4-6-17(12-15)30(34)35)29(26(33)25(22)32)27-28-19-9-8-18(36-2)13-21(19)38-27/h4-13,23,31H,1-3H3/b24-22+/t23-/m0/s1. The Morgan fingerprint density at radius 2 is 1.87 bits per heavy atom. The highest BCUT2D eigenvalue weighted by molar-refractivity contribution is 7.22. The number of hydrogen-bond donors (Lipinski definition) is 1. The average molecular weight is 532 g/mol. The van der Waals surface area contributed by atoms with Crippen LogP contribution in [-0.2, 0) is 9.59 Å². The molecule has 0 aliphatic carbocycles. The molecule has 4 aromatic rings. The Kier molecular flexibility index (Phi) is 6.29. The van der Waals surface area contributed by atoms with Crippen LogP contribution in [0.3, 0.4) is 0 Å². The Morgan fingerprint density at radius 3 is 2.55 bits per heavy atom. The second kappa shape index (κ2) is 9.60. The van der Waals surface area contributed by atoms with Crippen LogP contribution in [0.4, 0.5) is 10.8 Å². The van der Waals surface area contributed by atoms with Gasteiger partial charge in [-0.2, -0.15) is 0 Å². The minimum atomic E-state index is -1.15. The maximum Gasteiger partial charge on any atom is 0.301 e. The first kappa shape index (κ1) is 24.9. The van der Waals surface area contributed by atoms with E-state index >= 15 is 0 Å². The molecule has 2 heterocycles. The Morgan fingerprint density at radius 1 is 1.08 bits per heavy atom. The normalized spacial score (nSPS) is 16.7. The molecular weight excluding hydrogens is 510 g/mol. The van der Waals surface area contributed by atoms with Crippen LogP contribution < -0.4 is 14.4 Å². The fourth-order valence-electron chi connectivity index (χ4n) is 4.46. The molecule has 0 spiro atoms. The Bertz CT molecular complexity index is 1660. The zero-order chi connectivity index (χ0) is 27.1. The molecule has 1 N–H and O–H groups in total. The van der Waals surface area contributed by atoms with Crippen molar-refractivity contribution in [2.75, 3.05) is 19.1 Å². The number of methoxy groups -OCH3 is 2. The van der Waals surface area contributed by atoms with Crippen LogP contribution in [-0.4, -0.2) is 40.9 Å². The number of nitrogens with zero attached hydrogens (tertiary/aromatic N) is 3.